The lowest BCUT2D eigenvalue weighted by molar-refractivity contribution is -0.132. The van der Waals surface area contributed by atoms with Gasteiger partial charge < -0.3 is 15.3 Å². The minimum atomic E-state index is -3.01. The molecule has 18 heavy (non-hydrogen) atoms. The molecule has 1 unspecified atom stereocenters. The Balaban J connectivity index is 2.51. The van der Waals surface area contributed by atoms with Crippen LogP contribution >= 0.6 is 0 Å². The number of carbonyl (C=O) groups is 1. The fourth-order valence-corrected chi connectivity index (χ4v) is 3.53. The molecule has 0 aromatic carbocycles. The summed E-state index contributed by atoms with van der Waals surface area (Å²) in [4.78, 5) is 13.6. The highest BCUT2D eigenvalue weighted by Crippen LogP contribution is 2.07. The van der Waals surface area contributed by atoms with Crippen LogP contribution in [-0.2, 0) is 14.6 Å². The highest BCUT2D eigenvalue weighted by Gasteiger charge is 2.27. The second-order valence-electron chi connectivity index (χ2n) is 4.57. The van der Waals surface area contributed by atoms with Crippen LogP contribution in [0.3, 0.4) is 0 Å². The van der Waals surface area contributed by atoms with Crippen molar-refractivity contribution in [1.82, 2.24) is 10.2 Å². The number of amides is 1. The predicted octanol–water partition coefficient (Wildman–Crippen LogP) is -1.01. The molecule has 1 rings (SSSR count). The molecule has 1 aliphatic heterocycles. The fourth-order valence-electron chi connectivity index (χ4n) is 2.09. The van der Waals surface area contributed by atoms with E-state index in [0.29, 0.717) is 19.6 Å². The van der Waals surface area contributed by atoms with Gasteiger partial charge in [0.15, 0.2) is 9.84 Å². The van der Waals surface area contributed by atoms with E-state index in [1.165, 1.54) is 0 Å². The first-order valence-electron chi connectivity index (χ1n) is 6.31. The number of aliphatic hydroxyl groups is 1. The van der Waals surface area contributed by atoms with Gasteiger partial charge in [0.05, 0.1) is 18.1 Å². The smallest absolute Gasteiger partial charge is 0.224 e. The molecule has 0 bridgehead atoms. The quantitative estimate of drug-likeness (QED) is 0.650. The second-order valence-corrected chi connectivity index (χ2v) is 6.80. The molecule has 0 saturated carbocycles. The van der Waals surface area contributed by atoms with Crippen molar-refractivity contribution in [3.63, 3.8) is 0 Å². The molecule has 6 nitrogen and oxygen atoms in total. The van der Waals surface area contributed by atoms with Crippen molar-refractivity contribution < 1.29 is 18.3 Å². The zero-order valence-electron chi connectivity index (χ0n) is 10.8. The van der Waals surface area contributed by atoms with Gasteiger partial charge in [0.1, 0.15) is 0 Å². The number of sulfone groups is 1. The Morgan fingerprint density at radius 1 is 1.44 bits per heavy atom. The molecule has 1 fully saturated rings. The van der Waals surface area contributed by atoms with E-state index in [1.54, 1.807) is 4.90 Å². The van der Waals surface area contributed by atoms with Gasteiger partial charge in [-0.2, -0.15) is 0 Å². The molecule has 0 spiro atoms. The molecule has 1 atom stereocenters. The second kappa shape index (κ2) is 7.06. The summed E-state index contributed by atoms with van der Waals surface area (Å²) in [6, 6.07) is -0.297. The molecule has 0 radical (unpaired) electrons. The maximum Gasteiger partial charge on any atom is 0.224 e. The number of carbonyl (C=O) groups excluding carboxylic acids is 1. The van der Waals surface area contributed by atoms with Crippen molar-refractivity contribution in [2.24, 2.45) is 0 Å². The Labute approximate surface area is 108 Å². The summed E-state index contributed by atoms with van der Waals surface area (Å²) < 4.78 is 22.9. The lowest BCUT2D eigenvalue weighted by Gasteiger charge is -2.27. The van der Waals surface area contributed by atoms with Gasteiger partial charge in [-0.1, -0.05) is 6.92 Å². The monoisotopic (exact) mass is 278 g/mol. The van der Waals surface area contributed by atoms with Gasteiger partial charge in [0.25, 0.3) is 0 Å². The van der Waals surface area contributed by atoms with Crippen LogP contribution in [0.5, 0.6) is 0 Å². The van der Waals surface area contributed by atoms with Crippen LogP contribution in [0.2, 0.25) is 0 Å². The van der Waals surface area contributed by atoms with E-state index in [0.717, 1.165) is 6.42 Å². The van der Waals surface area contributed by atoms with E-state index >= 15 is 0 Å². The zero-order chi connectivity index (χ0) is 13.6. The number of nitrogens with zero attached hydrogens (tertiary/aromatic N) is 1. The van der Waals surface area contributed by atoms with Crippen molar-refractivity contribution in [2.75, 3.05) is 37.7 Å². The summed E-state index contributed by atoms with van der Waals surface area (Å²) in [5.41, 5.74) is 0. The van der Waals surface area contributed by atoms with Crippen LogP contribution in [-0.4, -0.2) is 68.1 Å². The fraction of sp³-hybridized carbons (Fsp3) is 0.909. The van der Waals surface area contributed by atoms with Gasteiger partial charge in [-0.3, -0.25) is 4.79 Å². The van der Waals surface area contributed by atoms with Gasteiger partial charge >= 0.3 is 0 Å². The third kappa shape index (κ3) is 4.91. The summed E-state index contributed by atoms with van der Waals surface area (Å²) in [5, 5.41) is 12.0. The Bertz CT molecular complexity index is 363. The number of hydrogen-bond acceptors (Lipinski definition) is 5. The van der Waals surface area contributed by atoms with Crippen LogP contribution in [0.4, 0.5) is 0 Å². The third-order valence-corrected chi connectivity index (χ3v) is 4.67. The van der Waals surface area contributed by atoms with Crippen molar-refractivity contribution in [3.05, 3.63) is 0 Å². The average Bonchev–Trinajstić information content (AvgIpc) is 2.27. The number of hydrogen-bond donors (Lipinski definition) is 2. The molecule has 7 heteroatoms. The molecule has 0 aromatic heterocycles. The molecule has 1 heterocycles. The van der Waals surface area contributed by atoms with Gasteiger partial charge in [0, 0.05) is 32.1 Å². The summed E-state index contributed by atoms with van der Waals surface area (Å²) in [6.07, 6.45) is 1.00. The Kier molecular flexibility index (Phi) is 6.04. The summed E-state index contributed by atoms with van der Waals surface area (Å²) in [5.74, 6) is 0.0747. The molecule has 1 saturated heterocycles. The van der Waals surface area contributed by atoms with Gasteiger partial charge in [-0.25, -0.2) is 8.42 Å². The topological polar surface area (TPSA) is 86.7 Å². The molecule has 0 aliphatic carbocycles. The van der Waals surface area contributed by atoms with Crippen LogP contribution in [0.15, 0.2) is 0 Å². The van der Waals surface area contributed by atoms with Crippen molar-refractivity contribution in [2.45, 2.75) is 25.8 Å². The zero-order valence-corrected chi connectivity index (χ0v) is 11.6. The summed E-state index contributed by atoms with van der Waals surface area (Å²) in [6.45, 7) is 3.21. The number of rotatable bonds is 6. The van der Waals surface area contributed by atoms with E-state index < -0.39 is 9.84 Å². The van der Waals surface area contributed by atoms with Crippen molar-refractivity contribution in [1.29, 1.82) is 0 Å². The molecule has 106 valence electrons. The Hall–Kier alpha value is -0.660. The van der Waals surface area contributed by atoms with Crippen molar-refractivity contribution in [3.8, 4) is 0 Å². The van der Waals surface area contributed by atoms with Crippen LogP contribution in [0.1, 0.15) is 19.8 Å². The lowest BCUT2D eigenvalue weighted by Crippen LogP contribution is -2.48. The van der Waals surface area contributed by atoms with Gasteiger partial charge in [-0.05, 0) is 6.42 Å². The normalized spacial score (nSPS) is 22.7. The number of nitrogens with one attached hydrogen (secondary N) is 1. The van der Waals surface area contributed by atoms with Gasteiger partial charge in [-0.15, -0.1) is 0 Å². The van der Waals surface area contributed by atoms with Crippen LogP contribution in [0, 0.1) is 0 Å². The minimum Gasteiger partial charge on any atom is -0.395 e. The standard InChI is InChI=1S/C11H22N2O4S/c1-2-4-13(5-6-14)11(15)8-10-9-18(16,17)7-3-12-10/h10,12,14H,2-9H2,1H3. The third-order valence-electron chi connectivity index (χ3n) is 2.94. The summed E-state index contributed by atoms with van der Waals surface area (Å²) >= 11 is 0. The highest BCUT2D eigenvalue weighted by molar-refractivity contribution is 7.91. The van der Waals surface area contributed by atoms with Crippen LogP contribution in [0.25, 0.3) is 0 Å². The minimum absolute atomic E-state index is 0.0256. The first-order chi connectivity index (χ1) is 8.48. The van der Waals surface area contributed by atoms with E-state index in [2.05, 4.69) is 5.32 Å². The predicted molar refractivity (Wildman–Crippen MR) is 69.0 cm³/mol. The molecule has 0 aromatic rings. The average molecular weight is 278 g/mol. The maximum absolute atomic E-state index is 12.0. The Morgan fingerprint density at radius 2 is 2.17 bits per heavy atom. The highest BCUT2D eigenvalue weighted by atomic mass is 32.2. The Morgan fingerprint density at radius 3 is 2.72 bits per heavy atom. The van der Waals surface area contributed by atoms with Crippen molar-refractivity contribution >= 4 is 15.7 Å². The van der Waals surface area contributed by atoms with E-state index in [9.17, 15) is 13.2 Å². The van der Waals surface area contributed by atoms with E-state index in [-0.39, 0.29) is 36.5 Å². The van der Waals surface area contributed by atoms with Gasteiger partial charge in [0.2, 0.25) is 5.91 Å². The number of aliphatic hydroxyl groups excluding tert-OH is 1. The van der Waals surface area contributed by atoms with E-state index in [4.69, 9.17) is 5.11 Å². The molecule has 1 amide bonds. The maximum atomic E-state index is 12.0. The molecule has 2 N–H and O–H groups in total. The summed E-state index contributed by atoms with van der Waals surface area (Å²) in [7, 11) is -3.01. The largest absolute Gasteiger partial charge is 0.395 e. The van der Waals surface area contributed by atoms with E-state index in [1.807, 2.05) is 6.92 Å². The first kappa shape index (κ1) is 15.4. The molecule has 1 aliphatic rings. The molecular weight excluding hydrogens is 256 g/mol. The SMILES string of the molecule is CCCN(CCO)C(=O)CC1CS(=O)(=O)CCN1. The first-order valence-corrected chi connectivity index (χ1v) is 8.13. The lowest BCUT2D eigenvalue weighted by atomic mass is 10.2. The van der Waals surface area contributed by atoms with Crippen LogP contribution < -0.4 is 5.32 Å². The molecular formula is C11H22N2O4S.